The van der Waals surface area contributed by atoms with Crippen LogP contribution in [0.2, 0.25) is 0 Å². The summed E-state index contributed by atoms with van der Waals surface area (Å²) in [4.78, 5) is 4.47. The molecule has 0 spiro atoms. The minimum absolute atomic E-state index is 0.242. The van der Waals surface area contributed by atoms with Crippen molar-refractivity contribution in [2.24, 2.45) is 0 Å². The number of thiazole rings is 1. The zero-order valence-electron chi connectivity index (χ0n) is 9.66. The molecular weight excluding hydrogens is 208 g/mol. The van der Waals surface area contributed by atoms with E-state index in [1.807, 2.05) is 6.92 Å². The molecule has 3 nitrogen and oxygen atoms in total. The number of hydrogen-bond acceptors (Lipinski definition) is 4. The molecule has 0 amide bonds. The highest BCUT2D eigenvalue weighted by atomic mass is 32.1. The van der Waals surface area contributed by atoms with Crippen LogP contribution in [0.25, 0.3) is 0 Å². The number of aliphatic hydroxyl groups is 1. The van der Waals surface area contributed by atoms with Gasteiger partial charge in [-0.05, 0) is 26.7 Å². The number of hydrogen-bond donors (Lipinski definition) is 2. The van der Waals surface area contributed by atoms with Crippen LogP contribution in [-0.4, -0.2) is 22.2 Å². The van der Waals surface area contributed by atoms with E-state index in [1.165, 1.54) is 5.01 Å². The van der Waals surface area contributed by atoms with Crippen molar-refractivity contribution in [3.63, 3.8) is 0 Å². The molecule has 0 saturated carbocycles. The monoisotopic (exact) mass is 228 g/mol. The highest BCUT2D eigenvalue weighted by Gasteiger charge is 2.06. The van der Waals surface area contributed by atoms with Crippen molar-refractivity contribution in [3.05, 3.63) is 16.1 Å². The Morgan fingerprint density at radius 1 is 1.53 bits per heavy atom. The van der Waals surface area contributed by atoms with Crippen molar-refractivity contribution in [2.75, 3.05) is 0 Å². The number of aromatic nitrogens is 1. The maximum absolute atomic E-state index is 9.21. The Kier molecular flexibility index (Phi) is 5.22. The lowest BCUT2D eigenvalue weighted by Crippen LogP contribution is -2.28. The summed E-state index contributed by atoms with van der Waals surface area (Å²) in [7, 11) is 0. The molecule has 1 aromatic heterocycles. The first-order valence-corrected chi connectivity index (χ1v) is 6.34. The molecule has 0 aliphatic rings. The lowest BCUT2D eigenvalue weighted by Gasteiger charge is -2.14. The van der Waals surface area contributed by atoms with Crippen molar-refractivity contribution in [2.45, 2.75) is 52.3 Å². The van der Waals surface area contributed by atoms with Crippen LogP contribution in [0, 0.1) is 0 Å². The van der Waals surface area contributed by atoms with E-state index >= 15 is 0 Å². The highest BCUT2D eigenvalue weighted by Crippen LogP contribution is 2.10. The van der Waals surface area contributed by atoms with Gasteiger partial charge in [0.25, 0.3) is 0 Å². The quantitative estimate of drug-likeness (QED) is 0.782. The van der Waals surface area contributed by atoms with E-state index in [1.54, 1.807) is 11.3 Å². The van der Waals surface area contributed by atoms with Crippen molar-refractivity contribution in [3.8, 4) is 0 Å². The summed E-state index contributed by atoms with van der Waals surface area (Å²) >= 11 is 1.71. The van der Waals surface area contributed by atoms with Crippen molar-refractivity contribution < 1.29 is 5.11 Å². The molecule has 1 aromatic rings. The van der Waals surface area contributed by atoms with Gasteiger partial charge in [-0.2, -0.15) is 0 Å². The van der Waals surface area contributed by atoms with E-state index in [4.69, 9.17) is 0 Å². The third-order valence-corrected chi connectivity index (χ3v) is 3.27. The van der Waals surface area contributed by atoms with Gasteiger partial charge in [-0.15, -0.1) is 11.3 Å². The molecule has 0 aromatic carbocycles. The zero-order chi connectivity index (χ0) is 11.3. The predicted molar refractivity (Wildman–Crippen MR) is 64.1 cm³/mol. The summed E-state index contributed by atoms with van der Waals surface area (Å²) in [5.41, 5.74) is 1.11. The molecule has 2 atom stereocenters. The fourth-order valence-electron chi connectivity index (χ4n) is 1.47. The summed E-state index contributed by atoms with van der Waals surface area (Å²) in [6, 6.07) is 0.330. The lowest BCUT2D eigenvalue weighted by molar-refractivity contribution is 0.170. The molecular formula is C11H20N2OS. The Morgan fingerprint density at radius 2 is 2.27 bits per heavy atom. The van der Waals surface area contributed by atoms with Crippen molar-refractivity contribution in [1.82, 2.24) is 10.3 Å². The van der Waals surface area contributed by atoms with E-state index in [-0.39, 0.29) is 6.10 Å². The maximum atomic E-state index is 9.21. The molecule has 86 valence electrons. The molecule has 1 rings (SSSR count). The molecule has 0 saturated heterocycles. The van der Waals surface area contributed by atoms with E-state index in [9.17, 15) is 5.11 Å². The Hall–Kier alpha value is -0.450. The van der Waals surface area contributed by atoms with Gasteiger partial charge in [0.05, 0.1) is 16.8 Å². The normalized spacial score (nSPS) is 15.2. The Balaban J connectivity index is 2.30. The third-order valence-electron chi connectivity index (χ3n) is 2.23. The van der Waals surface area contributed by atoms with Crippen LogP contribution in [0.5, 0.6) is 0 Å². The van der Waals surface area contributed by atoms with Crippen molar-refractivity contribution in [1.29, 1.82) is 0 Å². The van der Waals surface area contributed by atoms with Gasteiger partial charge in [0.2, 0.25) is 0 Å². The molecule has 15 heavy (non-hydrogen) atoms. The predicted octanol–water partition coefficient (Wildman–Crippen LogP) is 1.95. The highest BCUT2D eigenvalue weighted by molar-refractivity contribution is 7.09. The third kappa shape index (κ3) is 4.73. The van der Waals surface area contributed by atoms with Crippen LogP contribution in [-0.2, 0) is 13.0 Å². The molecule has 2 unspecified atom stereocenters. The molecule has 0 bridgehead atoms. The lowest BCUT2D eigenvalue weighted by atomic mass is 10.1. The minimum atomic E-state index is -0.242. The van der Waals surface area contributed by atoms with Gasteiger partial charge >= 0.3 is 0 Å². The SMILES string of the molecule is CCc1nc(CNC(C)CC(C)O)cs1. The second kappa shape index (κ2) is 6.20. The van der Waals surface area contributed by atoms with Gasteiger partial charge in [-0.25, -0.2) is 4.98 Å². The average Bonchev–Trinajstić information content (AvgIpc) is 2.61. The maximum Gasteiger partial charge on any atom is 0.0926 e. The zero-order valence-corrected chi connectivity index (χ0v) is 10.5. The Labute approximate surface area is 95.6 Å². The minimum Gasteiger partial charge on any atom is -0.393 e. The summed E-state index contributed by atoms with van der Waals surface area (Å²) in [5, 5.41) is 15.8. The number of aliphatic hydroxyl groups excluding tert-OH is 1. The molecule has 2 N–H and O–H groups in total. The van der Waals surface area contributed by atoms with Crippen LogP contribution < -0.4 is 5.32 Å². The number of nitrogens with one attached hydrogen (secondary N) is 1. The van der Waals surface area contributed by atoms with Gasteiger partial charge in [-0.1, -0.05) is 6.92 Å². The van der Waals surface area contributed by atoms with Crippen LogP contribution in [0.4, 0.5) is 0 Å². The average molecular weight is 228 g/mol. The van der Waals surface area contributed by atoms with E-state index < -0.39 is 0 Å². The molecule has 0 aliphatic carbocycles. The van der Waals surface area contributed by atoms with Gasteiger partial charge in [-0.3, -0.25) is 0 Å². The van der Waals surface area contributed by atoms with Crippen LogP contribution in [0.1, 0.15) is 37.9 Å². The molecule has 4 heteroatoms. The smallest absolute Gasteiger partial charge is 0.0926 e. The first kappa shape index (κ1) is 12.6. The van der Waals surface area contributed by atoms with Crippen LogP contribution in [0.15, 0.2) is 5.38 Å². The molecule has 1 heterocycles. The second-order valence-corrected chi connectivity index (χ2v) is 4.90. The topological polar surface area (TPSA) is 45.2 Å². The summed E-state index contributed by atoms with van der Waals surface area (Å²) < 4.78 is 0. The Morgan fingerprint density at radius 3 is 2.80 bits per heavy atom. The summed E-state index contributed by atoms with van der Waals surface area (Å²) in [6.07, 6.45) is 1.55. The molecule has 0 radical (unpaired) electrons. The van der Waals surface area contributed by atoms with E-state index in [0.717, 1.165) is 25.1 Å². The first-order valence-electron chi connectivity index (χ1n) is 5.46. The van der Waals surface area contributed by atoms with Crippen LogP contribution in [0.3, 0.4) is 0 Å². The standard InChI is InChI=1S/C11H20N2OS/c1-4-11-13-10(7-15-11)6-12-8(2)5-9(3)14/h7-9,12,14H,4-6H2,1-3H3. The molecule has 0 fully saturated rings. The fourth-order valence-corrected chi connectivity index (χ4v) is 2.21. The first-order chi connectivity index (χ1) is 7.11. The number of rotatable bonds is 6. The summed E-state index contributed by atoms with van der Waals surface area (Å²) in [6.45, 7) is 6.81. The number of nitrogens with zero attached hydrogens (tertiary/aromatic N) is 1. The van der Waals surface area contributed by atoms with E-state index in [2.05, 4.69) is 29.5 Å². The molecule has 0 aliphatic heterocycles. The fraction of sp³-hybridized carbons (Fsp3) is 0.727. The largest absolute Gasteiger partial charge is 0.393 e. The second-order valence-electron chi connectivity index (χ2n) is 3.95. The Bertz CT molecular complexity index is 286. The van der Waals surface area contributed by atoms with Gasteiger partial charge < -0.3 is 10.4 Å². The summed E-state index contributed by atoms with van der Waals surface area (Å²) in [5.74, 6) is 0. The van der Waals surface area contributed by atoms with Gasteiger partial charge in [0.15, 0.2) is 0 Å². The van der Waals surface area contributed by atoms with Gasteiger partial charge in [0.1, 0.15) is 0 Å². The van der Waals surface area contributed by atoms with Crippen LogP contribution >= 0.6 is 11.3 Å². The van der Waals surface area contributed by atoms with Gasteiger partial charge in [0, 0.05) is 18.0 Å². The number of aryl methyl sites for hydroxylation is 1. The van der Waals surface area contributed by atoms with Crippen molar-refractivity contribution >= 4 is 11.3 Å². The van der Waals surface area contributed by atoms with E-state index in [0.29, 0.717) is 6.04 Å².